The summed E-state index contributed by atoms with van der Waals surface area (Å²) in [6, 6.07) is 15.9. The summed E-state index contributed by atoms with van der Waals surface area (Å²) >= 11 is 0. The van der Waals surface area contributed by atoms with Gasteiger partial charge < -0.3 is 10.2 Å². The van der Waals surface area contributed by atoms with Gasteiger partial charge in [-0.1, -0.05) is 63.2 Å². The molecule has 0 saturated heterocycles. The van der Waals surface area contributed by atoms with E-state index >= 15 is 0 Å². The number of hydrogen-bond acceptors (Lipinski definition) is 3. The highest BCUT2D eigenvalue weighted by atomic mass is 32.2. The number of hydrogen-bond donors (Lipinski definition) is 2. The van der Waals surface area contributed by atoms with Crippen LogP contribution < -0.4 is 10.5 Å². The van der Waals surface area contributed by atoms with Crippen LogP contribution in [0.3, 0.4) is 0 Å². The van der Waals surface area contributed by atoms with Crippen molar-refractivity contribution in [2.45, 2.75) is 64.6 Å². The number of benzene rings is 2. The van der Waals surface area contributed by atoms with Crippen molar-refractivity contribution in [2.24, 2.45) is 10.6 Å². The normalized spacial score (nSPS) is 12.5. The van der Waals surface area contributed by atoms with Gasteiger partial charge in [0, 0.05) is 18.6 Å². The Morgan fingerprint density at radius 2 is 1.40 bits per heavy atom. The van der Waals surface area contributed by atoms with Gasteiger partial charge in [-0.05, 0) is 48.9 Å². The van der Waals surface area contributed by atoms with E-state index in [-0.39, 0.29) is 21.9 Å². The van der Waals surface area contributed by atoms with E-state index in [4.69, 9.17) is 5.14 Å². The standard InChI is InChI=1S/C23H33N3O3S/c1-22(2,3)17-23(4,5)25-21(27)26(15-18-9-7-6-8-10-18)16-19-11-13-20(14-12-19)30(24,28)29/h6-14H,15-17H2,1-5H3,(H,25,27)(H2,24,28,29). The summed E-state index contributed by atoms with van der Waals surface area (Å²) in [5.41, 5.74) is 1.54. The Hall–Kier alpha value is -2.38. The van der Waals surface area contributed by atoms with Crippen LogP contribution in [0.1, 0.15) is 52.2 Å². The Kier molecular flexibility index (Phi) is 7.31. The van der Waals surface area contributed by atoms with Crippen molar-refractivity contribution in [3.8, 4) is 0 Å². The molecule has 2 aromatic rings. The van der Waals surface area contributed by atoms with Crippen LogP contribution in [0.5, 0.6) is 0 Å². The zero-order chi connectivity index (χ0) is 22.6. The van der Waals surface area contributed by atoms with E-state index in [1.807, 2.05) is 44.2 Å². The number of carbonyl (C=O) groups is 1. The first kappa shape index (κ1) is 23.9. The number of primary sulfonamides is 1. The molecule has 0 aliphatic rings. The van der Waals surface area contributed by atoms with Crippen molar-refractivity contribution in [3.05, 3.63) is 65.7 Å². The number of nitrogens with one attached hydrogen (secondary N) is 1. The zero-order valence-electron chi connectivity index (χ0n) is 18.5. The summed E-state index contributed by atoms with van der Waals surface area (Å²) in [6.45, 7) is 11.3. The van der Waals surface area contributed by atoms with E-state index in [0.717, 1.165) is 17.5 Å². The third-order valence-corrected chi connectivity index (χ3v) is 5.48. The topological polar surface area (TPSA) is 92.5 Å². The van der Waals surface area contributed by atoms with Crippen molar-refractivity contribution in [2.75, 3.05) is 0 Å². The Bertz CT molecular complexity index is 947. The van der Waals surface area contributed by atoms with Gasteiger partial charge in [-0.2, -0.15) is 0 Å². The first-order chi connectivity index (χ1) is 13.8. The smallest absolute Gasteiger partial charge is 0.318 e. The van der Waals surface area contributed by atoms with Gasteiger partial charge >= 0.3 is 6.03 Å². The average Bonchev–Trinajstić information content (AvgIpc) is 2.59. The molecule has 2 amide bonds. The maximum absolute atomic E-state index is 13.2. The first-order valence-electron chi connectivity index (χ1n) is 9.98. The lowest BCUT2D eigenvalue weighted by Crippen LogP contribution is -2.51. The predicted molar refractivity (Wildman–Crippen MR) is 120 cm³/mol. The number of carbonyl (C=O) groups excluding carboxylic acids is 1. The summed E-state index contributed by atoms with van der Waals surface area (Å²) in [7, 11) is -3.75. The largest absolute Gasteiger partial charge is 0.333 e. The van der Waals surface area contributed by atoms with Crippen LogP contribution >= 0.6 is 0 Å². The fraction of sp³-hybridized carbons (Fsp3) is 0.435. The van der Waals surface area contributed by atoms with Gasteiger partial charge in [-0.3, -0.25) is 0 Å². The molecule has 7 heteroatoms. The van der Waals surface area contributed by atoms with Crippen LogP contribution in [0.15, 0.2) is 59.5 Å². The van der Waals surface area contributed by atoms with Crippen molar-refractivity contribution in [1.29, 1.82) is 0 Å². The second-order valence-electron chi connectivity index (χ2n) is 9.58. The molecular formula is C23H33N3O3S. The molecule has 0 spiro atoms. The summed E-state index contributed by atoms with van der Waals surface area (Å²) in [4.78, 5) is 15.0. The van der Waals surface area contributed by atoms with Crippen LogP contribution in [0, 0.1) is 5.41 Å². The number of nitrogens with zero attached hydrogens (tertiary/aromatic N) is 1. The van der Waals surface area contributed by atoms with E-state index in [0.29, 0.717) is 13.1 Å². The SMILES string of the molecule is CC(C)(C)CC(C)(C)NC(=O)N(Cc1ccccc1)Cc1ccc(S(N)(=O)=O)cc1. The van der Waals surface area contributed by atoms with E-state index in [2.05, 4.69) is 26.1 Å². The zero-order valence-corrected chi connectivity index (χ0v) is 19.3. The minimum absolute atomic E-state index is 0.0524. The molecule has 2 aromatic carbocycles. The third kappa shape index (κ3) is 7.80. The Morgan fingerprint density at radius 3 is 1.87 bits per heavy atom. The van der Waals surface area contributed by atoms with E-state index in [9.17, 15) is 13.2 Å². The molecule has 0 heterocycles. The minimum Gasteiger partial charge on any atom is -0.333 e. The average molecular weight is 432 g/mol. The molecule has 164 valence electrons. The lowest BCUT2D eigenvalue weighted by molar-refractivity contribution is 0.169. The molecule has 0 radical (unpaired) electrons. The molecule has 0 atom stereocenters. The molecule has 0 bridgehead atoms. The van der Waals surface area contributed by atoms with Gasteiger partial charge in [0.1, 0.15) is 0 Å². The molecule has 0 unspecified atom stereocenters. The highest BCUT2D eigenvalue weighted by Gasteiger charge is 2.29. The summed E-state index contributed by atoms with van der Waals surface area (Å²) < 4.78 is 23.0. The molecule has 0 aliphatic heterocycles. The second-order valence-corrected chi connectivity index (χ2v) is 11.1. The lowest BCUT2D eigenvalue weighted by atomic mass is 9.82. The van der Waals surface area contributed by atoms with Gasteiger partial charge in [0.25, 0.3) is 0 Å². The van der Waals surface area contributed by atoms with Gasteiger partial charge in [0.05, 0.1) is 4.90 Å². The number of urea groups is 1. The monoisotopic (exact) mass is 431 g/mol. The van der Waals surface area contributed by atoms with Crippen LogP contribution in [0.2, 0.25) is 0 Å². The Balaban J connectivity index is 2.23. The van der Waals surface area contributed by atoms with Crippen LogP contribution in [-0.2, 0) is 23.1 Å². The van der Waals surface area contributed by atoms with E-state index in [1.54, 1.807) is 17.0 Å². The number of amides is 2. The number of nitrogens with two attached hydrogens (primary N) is 1. The van der Waals surface area contributed by atoms with E-state index in [1.165, 1.54) is 12.1 Å². The maximum Gasteiger partial charge on any atom is 0.318 e. The van der Waals surface area contributed by atoms with Crippen LogP contribution in [-0.4, -0.2) is 24.9 Å². The van der Waals surface area contributed by atoms with Gasteiger partial charge in [-0.15, -0.1) is 0 Å². The van der Waals surface area contributed by atoms with E-state index < -0.39 is 10.0 Å². The van der Waals surface area contributed by atoms with Gasteiger partial charge in [0.15, 0.2) is 0 Å². The van der Waals surface area contributed by atoms with Crippen LogP contribution in [0.4, 0.5) is 4.79 Å². The number of rotatable bonds is 7. The first-order valence-corrected chi connectivity index (χ1v) is 11.5. The minimum atomic E-state index is -3.75. The molecular weight excluding hydrogens is 398 g/mol. The van der Waals surface area contributed by atoms with Crippen molar-refractivity contribution in [3.63, 3.8) is 0 Å². The molecule has 2 rings (SSSR count). The quantitative estimate of drug-likeness (QED) is 0.686. The van der Waals surface area contributed by atoms with Crippen molar-refractivity contribution in [1.82, 2.24) is 10.2 Å². The molecule has 0 fully saturated rings. The summed E-state index contributed by atoms with van der Waals surface area (Å²) in [6.07, 6.45) is 0.827. The third-order valence-electron chi connectivity index (χ3n) is 4.55. The van der Waals surface area contributed by atoms with Gasteiger partial charge in [0.2, 0.25) is 10.0 Å². The predicted octanol–water partition coefficient (Wildman–Crippen LogP) is 4.26. The lowest BCUT2D eigenvalue weighted by Gasteiger charge is -2.35. The number of sulfonamides is 1. The molecule has 3 N–H and O–H groups in total. The van der Waals surface area contributed by atoms with Crippen molar-refractivity contribution >= 4 is 16.1 Å². The maximum atomic E-state index is 13.2. The fourth-order valence-corrected chi connectivity index (χ4v) is 4.26. The Labute approximate surface area is 180 Å². The molecule has 6 nitrogen and oxygen atoms in total. The highest BCUT2D eigenvalue weighted by Crippen LogP contribution is 2.27. The van der Waals surface area contributed by atoms with Crippen LogP contribution in [0.25, 0.3) is 0 Å². The molecule has 0 saturated carbocycles. The highest BCUT2D eigenvalue weighted by molar-refractivity contribution is 7.89. The summed E-state index contributed by atoms with van der Waals surface area (Å²) in [5, 5.41) is 8.34. The van der Waals surface area contributed by atoms with Crippen molar-refractivity contribution < 1.29 is 13.2 Å². The summed E-state index contributed by atoms with van der Waals surface area (Å²) in [5.74, 6) is 0. The molecule has 0 aromatic heterocycles. The second kappa shape index (κ2) is 9.18. The molecule has 30 heavy (non-hydrogen) atoms. The van der Waals surface area contributed by atoms with Gasteiger partial charge in [-0.25, -0.2) is 18.4 Å². The molecule has 0 aliphatic carbocycles. The Morgan fingerprint density at radius 1 is 0.900 bits per heavy atom. The fourth-order valence-electron chi connectivity index (χ4n) is 3.75.